The summed E-state index contributed by atoms with van der Waals surface area (Å²) < 4.78 is 16.7. The van der Waals surface area contributed by atoms with Gasteiger partial charge in [-0.2, -0.15) is 0 Å². The maximum atomic E-state index is 12.4. The number of nitrogens with zero attached hydrogens (tertiary/aromatic N) is 1. The zero-order valence-electron chi connectivity index (χ0n) is 16.8. The third kappa shape index (κ3) is 6.19. The van der Waals surface area contributed by atoms with Crippen molar-refractivity contribution < 1.29 is 18.7 Å². The third-order valence-electron chi connectivity index (χ3n) is 4.40. The average Bonchev–Trinajstić information content (AvgIpc) is 3.24. The largest absolute Gasteiger partial charge is 0.488 e. The van der Waals surface area contributed by atoms with Gasteiger partial charge in [0.15, 0.2) is 0 Å². The third-order valence-corrected chi connectivity index (χ3v) is 4.40. The van der Waals surface area contributed by atoms with Crippen molar-refractivity contribution in [3.63, 3.8) is 0 Å². The van der Waals surface area contributed by atoms with Crippen molar-refractivity contribution in [3.8, 4) is 5.75 Å². The molecule has 1 amide bonds. The van der Waals surface area contributed by atoms with E-state index in [4.69, 9.17) is 13.9 Å². The molecule has 2 heterocycles. The molecule has 29 heavy (non-hydrogen) atoms. The molecule has 0 saturated carbocycles. The van der Waals surface area contributed by atoms with Crippen LogP contribution < -0.4 is 10.1 Å². The second-order valence-corrected chi connectivity index (χ2v) is 6.83. The van der Waals surface area contributed by atoms with Crippen LogP contribution in [0, 0.1) is 13.8 Å². The van der Waals surface area contributed by atoms with E-state index in [0.29, 0.717) is 31.9 Å². The first kappa shape index (κ1) is 20.6. The number of hydrogen-bond donors (Lipinski definition) is 1. The van der Waals surface area contributed by atoms with Crippen molar-refractivity contribution in [2.24, 2.45) is 0 Å². The summed E-state index contributed by atoms with van der Waals surface area (Å²) >= 11 is 0. The zero-order chi connectivity index (χ0) is 20.5. The Labute approximate surface area is 170 Å². The lowest BCUT2D eigenvalue weighted by Crippen LogP contribution is -2.25. The van der Waals surface area contributed by atoms with E-state index in [9.17, 15) is 4.79 Å². The van der Waals surface area contributed by atoms with Crippen molar-refractivity contribution in [1.82, 2.24) is 10.3 Å². The molecule has 2 aromatic heterocycles. The number of ether oxygens (including phenoxy) is 2. The number of aryl methyl sites for hydroxylation is 2. The lowest BCUT2D eigenvalue weighted by molar-refractivity contribution is 0.0917. The highest BCUT2D eigenvalue weighted by molar-refractivity contribution is 5.94. The van der Waals surface area contributed by atoms with Crippen LogP contribution in [0.1, 0.15) is 39.2 Å². The molecule has 0 aliphatic rings. The fourth-order valence-corrected chi connectivity index (χ4v) is 2.99. The van der Waals surface area contributed by atoms with Crippen LogP contribution in [0.25, 0.3) is 0 Å². The Kier molecular flexibility index (Phi) is 7.41. The molecule has 0 saturated heterocycles. The number of pyridine rings is 1. The van der Waals surface area contributed by atoms with Crippen LogP contribution >= 0.6 is 0 Å². The SMILES string of the molecule is Cc1cc(C(=O)NCCCOCc2ccco2)cc(C)c1OCc1cccnc1. The normalized spacial score (nSPS) is 10.7. The summed E-state index contributed by atoms with van der Waals surface area (Å²) in [6.45, 7) is 5.89. The number of carbonyl (C=O) groups excluding carboxylic acids is 1. The number of benzene rings is 1. The Morgan fingerprint density at radius 2 is 1.97 bits per heavy atom. The van der Waals surface area contributed by atoms with Crippen LogP contribution in [-0.4, -0.2) is 24.0 Å². The summed E-state index contributed by atoms with van der Waals surface area (Å²) in [6, 6.07) is 11.3. The standard InChI is InChI=1S/C23H26N2O4/c1-17-12-20(13-18(2)22(17)29-15-19-6-3-8-24-14-19)23(26)25-9-5-10-27-16-21-7-4-11-28-21/h3-4,6-8,11-14H,5,9-10,15-16H2,1-2H3,(H,25,26). The maximum Gasteiger partial charge on any atom is 0.251 e. The fourth-order valence-electron chi connectivity index (χ4n) is 2.99. The molecule has 0 unspecified atom stereocenters. The lowest BCUT2D eigenvalue weighted by atomic mass is 10.0. The van der Waals surface area contributed by atoms with Gasteiger partial charge in [-0.25, -0.2) is 0 Å². The fraction of sp³-hybridized carbons (Fsp3) is 0.304. The van der Waals surface area contributed by atoms with E-state index in [1.807, 2.05) is 50.2 Å². The van der Waals surface area contributed by atoms with E-state index < -0.39 is 0 Å². The molecule has 1 aromatic carbocycles. The number of furan rings is 1. The molecule has 1 N–H and O–H groups in total. The summed E-state index contributed by atoms with van der Waals surface area (Å²) in [7, 11) is 0. The summed E-state index contributed by atoms with van der Waals surface area (Å²) in [6.07, 6.45) is 5.87. The van der Waals surface area contributed by atoms with Crippen molar-refractivity contribution in [2.75, 3.05) is 13.2 Å². The highest BCUT2D eigenvalue weighted by Gasteiger charge is 2.12. The molecule has 0 aliphatic heterocycles. The number of aromatic nitrogens is 1. The second-order valence-electron chi connectivity index (χ2n) is 6.83. The average molecular weight is 394 g/mol. The first-order chi connectivity index (χ1) is 14.1. The molecule has 3 aromatic rings. The molecule has 0 aliphatic carbocycles. The van der Waals surface area contributed by atoms with E-state index in [1.165, 1.54) is 0 Å². The van der Waals surface area contributed by atoms with Crippen molar-refractivity contribution in [3.05, 3.63) is 83.1 Å². The zero-order valence-corrected chi connectivity index (χ0v) is 16.8. The van der Waals surface area contributed by atoms with Gasteiger partial charge in [0.25, 0.3) is 5.91 Å². The van der Waals surface area contributed by atoms with E-state index in [0.717, 1.165) is 34.6 Å². The van der Waals surface area contributed by atoms with Crippen molar-refractivity contribution in [2.45, 2.75) is 33.5 Å². The number of carbonyl (C=O) groups is 1. The minimum absolute atomic E-state index is 0.0963. The Hall–Kier alpha value is -3.12. The van der Waals surface area contributed by atoms with Crippen LogP contribution in [0.2, 0.25) is 0 Å². The van der Waals surface area contributed by atoms with Gasteiger partial charge in [0.05, 0.1) is 6.26 Å². The molecule has 0 bridgehead atoms. The first-order valence-corrected chi connectivity index (χ1v) is 9.65. The van der Waals surface area contributed by atoms with Crippen molar-refractivity contribution in [1.29, 1.82) is 0 Å². The van der Waals surface area contributed by atoms with E-state index in [-0.39, 0.29) is 5.91 Å². The summed E-state index contributed by atoms with van der Waals surface area (Å²) in [4.78, 5) is 16.5. The monoisotopic (exact) mass is 394 g/mol. The Balaban J connectivity index is 1.45. The number of rotatable bonds is 10. The topological polar surface area (TPSA) is 73.6 Å². The molecular formula is C23H26N2O4. The predicted molar refractivity (Wildman–Crippen MR) is 110 cm³/mol. The molecule has 0 fully saturated rings. The van der Waals surface area contributed by atoms with Crippen LogP contribution in [-0.2, 0) is 18.0 Å². The Morgan fingerprint density at radius 1 is 1.14 bits per heavy atom. The van der Waals surface area contributed by atoms with Gasteiger partial charge in [-0.1, -0.05) is 6.07 Å². The highest BCUT2D eigenvalue weighted by atomic mass is 16.5. The van der Waals surface area contributed by atoms with Crippen LogP contribution in [0.5, 0.6) is 5.75 Å². The smallest absolute Gasteiger partial charge is 0.251 e. The first-order valence-electron chi connectivity index (χ1n) is 9.65. The number of amides is 1. The molecule has 3 rings (SSSR count). The molecule has 0 spiro atoms. The van der Waals surface area contributed by atoms with Crippen LogP contribution in [0.15, 0.2) is 59.5 Å². The Morgan fingerprint density at radius 3 is 2.66 bits per heavy atom. The predicted octanol–water partition coefficient (Wildman–Crippen LogP) is 4.21. The van der Waals surface area contributed by atoms with E-state index in [1.54, 1.807) is 18.7 Å². The lowest BCUT2D eigenvalue weighted by Gasteiger charge is -2.14. The number of hydrogen-bond acceptors (Lipinski definition) is 5. The molecule has 0 atom stereocenters. The summed E-state index contributed by atoms with van der Waals surface area (Å²) in [5.74, 6) is 1.50. The molecule has 6 heteroatoms. The Bertz CT molecular complexity index is 885. The molecule has 6 nitrogen and oxygen atoms in total. The molecular weight excluding hydrogens is 368 g/mol. The van der Waals surface area contributed by atoms with Gasteiger partial charge in [0.1, 0.15) is 24.7 Å². The molecule has 152 valence electrons. The summed E-state index contributed by atoms with van der Waals surface area (Å²) in [5, 5.41) is 2.93. The van der Waals surface area contributed by atoms with Gasteiger partial charge in [-0.15, -0.1) is 0 Å². The van der Waals surface area contributed by atoms with Gasteiger partial charge in [0.2, 0.25) is 0 Å². The van der Waals surface area contributed by atoms with E-state index in [2.05, 4.69) is 10.3 Å². The molecule has 0 radical (unpaired) electrons. The quantitative estimate of drug-likeness (QED) is 0.522. The maximum absolute atomic E-state index is 12.4. The van der Waals surface area contributed by atoms with Gasteiger partial charge in [-0.05, 0) is 61.7 Å². The van der Waals surface area contributed by atoms with E-state index >= 15 is 0 Å². The minimum atomic E-state index is -0.0963. The second kappa shape index (κ2) is 10.4. The summed E-state index contributed by atoms with van der Waals surface area (Å²) in [5.41, 5.74) is 3.49. The van der Waals surface area contributed by atoms with Crippen molar-refractivity contribution >= 4 is 5.91 Å². The van der Waals surface area contributed by atoms with Crippen LogP contribution in [0.4, 0.5) is 0 Å². The van der Waals surface area contributed by atoms with Gasteiger partial charge in [-0.3, -0.25) is 9.78 Å². The number of nitrogens with one attached hydrogen (secondary N) is 1. The minimum Gasteiger partial charge on any atom is -0.488 e. The van der Waals surface area contributed by atoms with Crippen LogP contribution in [0.3, 0.4) is 0 Å². The highest BCUT2D eigenvalue weighted by Crippen LogP contribution is 2.25. The van der Waals surface area contributed by atoms with Gasteiger partial charge < -0.3 is 19.2 Å². The van der Waals surface area contributed by atoms with Gasteiger partial charge >= 0.3 is 0 Å². The van der Waals surface area contributed by atoms with Gasteiger partial charge in [0, 0.05) is 36.7 Å².